The second-order valence-corrected chi connectivity index (χ2v) is 9.72. The van der Waals surface area contributed by atoms with Gasteiger partial charge in [0.15, 0.2) is 0 Å². The zero-order valence-corrected chi connectivity index (χ0v) is 20.3. The van der Waals surface area contributed by atoms with Crippen LogP contribution in [-0.4, -0.2) is 24.7 Å². The van der Waals surface area contributed by atoms with Gasteiger partial charge in [0.05, 0.1) is 11.6 Å². The van der Waals surface area contributed by atoms with E-state index in [1.54, 1.807) is 0 Å². The van der Waals surface area contributed by atoms with Crippen molar-refractivity contribution in [2.45, 2.75) is 45.1 Å². The number of aliphatic imine (C=N–C) groups is 1. The molecular weight excluding hydrogens is 442 g/mol. The van der Waals surface area contributed by atoms with E-state index in [9.17, 15) is 4.79 Å². The van der Waals surface area contributed by atoms with Gasteiger partial charge < -0.3 is 10.2 Å². The molecule has 1 atom stereocenters. The summed E-state index contributed by atoms with van der Waals surface area (Å²) in [6, 6.07) is 22.5. The van der Waals surface area contributed by atoms with Gasteiger partial charge in [-0.05, 0) is 60.2 Å². The molecule has 5 rings (SSSR count). The van der Waals surface area contributed by atoms with Crippen molar-refractivity contribution in [1.29, 1.82) is 0 Å². The number of nitrogens with zero attached hydrogens (tertiary/aromatic N) is 2. The summed E-state index contributed by atoms with van der Waals surface area (Å²) >= 11 is 6.54. The van der Waals surface area contributed by atoms with Crippen LogP contribution in [-0.2, 0) is 24.2 Å². The van der Waals surface area contributed by atoms with Crippen molar-refractivity contribution in [3.8, 4) is 0 Å². The Morgan fingerprint density at radius 3 is 2.65 bits per heavy atom. The van der Waals surface area contributed by atoms with E-state index in [4.69, 9.17) is 16.6 Å². The number of anilines is 1. The number of amides is 1. The van der Waals surface area contributed by atoms with Gasteiger partial charge in [0, 0.05) is 48.9 Å². The van der Waals surface area contributed by atoms with Crippen molar-refractivity contribution >= 4 is 34.6 Å². The van der Waals surface area contributed by atoms with E-state index in [2.05, 4.69) is 34.5 Å². The predicted octanol–water partition coefficient (Wildman–Crippen LogP) is 6.23. The molecule has 1 saturated heterocycles. The first-order chi connectivity index (χ1) is 16.6. The number of hydrogen-bond donors (Lipinski definition) is 1. The summed E-state index contributed by atoms with van der Waals surface area (Å²) < 4.78 is 0. The van der Waals surface area contributed by atoms with Gasteiger partial charge >= 0.3 is 0 Å². The molecule has 1 fully saturated rings. The minimum atomic E-state index is -0.190. The molecule has 4 nitrogen and oxygen atoms in total. The van der Waals surface area contributed by atoms with Crippen molar-refractivity contribution in [3.05, 3.63) is 94.0 Å². The van der Waals surface area contributed by atoms with Gasteiger partial charge in [0.25, 0.3) is 0 Å². The Bertz CT molecular complexity index is 1220. The molecule has 3 aromatic carbocycles. The monoisotopic (exact) mass is 471 g/mol. The van der Waals surface area contributed by atoms with E-state index in [1.165, 1.54) is 24.1 Å². The Kier molecular flexibility index (Phi) is 6.68. The Labute approximate surface area is 206 Å². The van der Waals surface area contributed by atoms with E-state index in [-0.39, 0.29) is 11.8 Å². The maximum atomic E-state index is 12.6. The number of nitrogens with one attached hydrogen (secondary N) is 1. The lowest BCUT2D eigenvalue weighted by molar-refractivity contribution is -0.122. The number of carbonyl (C=O) groups excluding carboxylic acids is 1. The molecule has 3 aromatic rings. The standard InChI is InChI=1S/C29H30ClN3O/c1-20(22-7-3-2-4-8-22)29(34)31-19-21-9-12-27(30)24(15-21)17-25-16-23-10-11-26(18-28(23)32-25)33-13-5-6-14-33/h2-4,7-12,15,18,20H,5-6,13-14,16-17,19H2,1H3,(H,31,34). The number of fused-ring (bicyclic) bond motifs is 1. The van der Waals surface area contributed by atoms with Crippen LogP contribution in [0.1, 0.15) is 47.9 Å². The third-order valence-corrected chi connectivity index (χ3v) is 7.25. The molecule has 174 valence electrons. The molecule has 5 heteroatoms. The van der Waals surface area contributed by atoms with Gasteiger partial charge in [0.1, 0.15) is 0 Å². The molecule has 1 unspecified atom stereocenters. The number of halogens is 1. The van der Waals surface area contributed by atoms with Crippen LogP contribution in [0.25, 0.3) is 0 Å². The van der Waals surface area contributed by atoms with Crippen LogP contribution >= 0.6 is 11.6 Å². The molecule has 2 aliphatic heterocycles. The SMILES string of the molecule is CC(C(=O)NCc1ccc(Cl)c(CC2=Nc3cc(N4CCCC4)ccc3C2)c1)c1ccccc1. The van der Waals surface area contributed by atoms with Gasteiger partial charge in [-0.1, -0.05) is 60.1 Å². The average Bonchev–Trinajstić information content (AvgIpc) is 3.53. The van der Waals surface area contributed by atoms with Crippen molar-refractivity contribution in [3.63, 3.8) is 0 Å². The minimum absolute atomic E-state index is 0.0205. The number of carbonyl (C=O) groups is 1. The topological polar surface area (TPSA) is 44.7 Å². The second kappa shape index (κ2) is 10.0. The van der Waals surface area contributed by atoms with Crippen molar-refractivity contribution in [2.75, 3.05) is 18.0 Å². The maximum absolute atomic E-state index is 12.6. The van der Waals surface area contributed by atoms with E-state index in [0.29, 0.717) is 6.54 Å². The summed E-state index contributed by atoms with van der Waals surface area (Å²) in [6.07, 6.45) is 4.12. The quantitative estimate of drug-likeness (QED) is 0.443. The number of rotatable bonds is 7. The Balaban J connectivity index is 1.24. The van der Waals surface area contributed by atoms with Crippen LogP contribution < -0.4 is 10.2 Å². The van der Waals surface area contributed by atoms with Crippen LogP contribution in [0.3, 0.4) is 0 Å². The lowest BCUT2D eigenvalue weighted by Crippen LogP contribution is -2.27. The summed E-state index contributed by atoms with van der Waals surface area (Å²) in [4.78, 5) is 20.0. The average molecular weight is 472 g/mol. The third-order valence-electron chi connectivity index (χ3n) is 6.88. The van der Waals surface area contributed by atoms with Crippen LogP contribution in [0.15, 0.2) is 71.7 Å². The van der Waals surface area contributed by atoms with Crippen molar-refractivity contribution in [2.24, 2.45) is 4.99 Å². The fourth-order valence-electron chi connectivity index (χ4n) is 4.84. The third kappa shape index (κ3) is 5.02. The highest BCUT2D eigenvalue weighted by Gasteiger charge is 2.20. The lowest BCUT2D eigenvalue weighted by atomic mass is 10.00. The van der Waals surface area contributed by atoms with E-state index >= 15 is 0 Å². The van der Waals surface area contributed by atoms with E-state index < -0.39 is 0 Å². The molecule has 1 N–H and O–H groups in total. The van der Waals surface area contributed by atoms with Crippen LogP contribution in [0.2, 0.25) is 5.02 Å². The largest absolute Gasteiger partial charge is 0.371 e. The highest BCUT2D eigenvalue weighted by molar-refractivity contribution is 6.31. The zero-order chi connectivity index (χ0) is 23.5. The summed E-state index contributed by atoms with van der Waals surface area (Å²) in [5.41, 5.74) is 7.90. The molecule has 0 saturated carbocycles. The first-order valence-corrected chi connectivity index (χ1v) is 12.5. The lowest BCUT2D eigenvalue weighted by Gasteiger charge is -2.17. The summed E-state index contributed by atoms with van der Waals surface area (Å²) in [5.74, 6) is -0.170. The van der Waals surface area contributed by atoms with E-state index in [0.717, 1.165) is 59.0 Å². The second-order valence-electron chi connectivity index (χ2n) is 9.31. The predicted molar refractivity (Wildman–Crippen MR) is 141 cm³/mol. The highest BCUT2D eigenvalue weighted by Crippen LogP contribution is 2.33. The molecule has 0 bridgehead atoms. The first kappa shape index (κ1) is 22.7. The van der Waals surface area contributed by atoms with Crippen LogP contribution in [0.5, 0.6) is 0 Å². The highest BCUT2D eigenvalue weighted by atomic mass is 35.5. The molecule has 0 radical (unpaired) electrons. The van der Waals surface area contributed by atoms with Crippen molar-refractivity contribution < 1.29 is 4.79 Å². The Hall–Kier alpha value is -3.11. The fourth-order valence-corrected chi connectivity index (χ4v) is 5.02. The Morgan fingerprint density at radius 1 is 1.06 bits per heavy atom. The zero-order valence-electron chi connectivity index (χ0n) is 19.6. The van der Waals surface area contributed by atoms with Crippen LogP contribution in [0.4, 0.5) is 11.4 Å². The molecule has 2 heterocycles. The molecule has 0 aromatic heterocycles. The van der Waals surface area contributed by atoms with Gasteiger partial charge in [-0.25, -0.2) is 0 Å². The summed E-state index contributed by atoms with van der Waals surface area (Å²) in [7, 11) is 0. The molecular formula is C29H30ClN3O. The van der Waals surface area contributed by atoms with Gasteiger partial charge in [-0.2, -0.15) is 0 Å². The van der Waals surface area contributed by atoms with Gasteiger partial charge in [0.2, 0.25) is 5.91 Å². The van der Waals surface area contributed by atoms with Gasteiger partial charge in [-0.15, -0.1) is 0 Å². The molecule has 1 amide bonds. The Morgan fingerprint density at radius 2 is 1.85 bits per heavy atom. The minimum Gasteiger partial charge on any atom is -0.371 e. The molecule has 0 aliphatic carbocycles. The number of benzene rings is 3. The molecule has 0 spiro atoms. The van der Waals surface area contributed by atoms with Crippen LogP contribution in [0, 0.1) is 0 Å². The van der Waals surface area contributed by atoms with Gasteiger partial charge in [-0.3, -0.25) is 9.79 Å². The van der Waals surface area contributed by atoms with Crippen molar-refractivity contribution in [1.82, 2.24) is 5.32 Å². The fraction of sp³-hybridized carbons (Fsp3) is 0.310. The summed E-state index contributed by atoms with van der Waals surface area (Å²) in [5, 5.41) is 3.81. The number of hydrogen-bond acceptors (Lipinski definition) is 3. The molecule has 34 heavy (non-hydrogen) atoms. The first-order valence-electron chi connectivity index (χ1n) is 12.1. The summed E-state index contributed by atoms with van der Waals surface area (Å²) in [6.45, 7) is 4.69. The normalized spacial score (nSPS) is 15.7. The van der Waals surface area contributed by atoms with E-state index in [1.807, 2.05) is 49.4 Å². The molecule has 2 aliphatic rings. The smallest absolute Gasteiger partial charge is 0.227 e. The maximum Gasteiger partial charge on any atom is 0.227 e.